The summed E-state index contributed by atoms with van der Waals surface area (Å²) in [5.74, 6) is 2.63. The van der Waals surface area contributed by atoms with Crippen LogP contribution >= 0.6 is 0 Å². The van der Waals surface area contributed by atoms with Gasteiger partial charge >= 0.3 is 0 Å². The Morgan fingerprint density at radius 2 is 1.82 bits per heavy atom. The van der Waals surface area contributed by atoms with Gasteiger partial charge in [-0.1, -0.05) is 6.07 Å². The fourth-order valence-corrected chi connectivity index (χ4v) is 4.06. The van der Waals surface area contributed by atoms with Crippen molar-refractivity contribution in [2.75, 3.05) is 39.6 Å². The zero-order chi connectivity index (χ0) is 18.8. The molecule has 0 amide bonds. The molecule has 2 saturated heterocycles. The number of fused-ring (bicyclic) bond motifs is 1. The van der Waals surface area contributed by atoms with E-state index in [0.29, 0.717) is 6.79 Å². The van der Waals surface area contributed by atoms with Gasteiger partial charge in [-0.05, 0) is 41.0 Å². The van der Waals surface area contributed by atoms with Gasteiger partial charge in [0.15, 0.2) is 17.3 Å². The number of hydrogen-bond acceptors (Lipinski definition) is 8. The number of piperazine rings is 1. The van der Waals surface area contributed by atoms with Gasteiger partial charge in [0, 0.05) is 39.3 Å². The fraction of sp³-hybridized carbons (Fsp3) is 0.632. The molecule has 3 aliphatic rings. The lowest BCUT2D eigenvalue weighted by molar-refractivity contribution is 0.0892. The average molecular weight is 386 g/mol. The Kier molecular flexibility index (Phi) is 5.11. The largest absolute Gasteiger partial charge is 0.454 e. The Balaban J connectivity index is 1.12. The van der Waals surface area contributed by atoms with E-state index in [9.17, 15) is 0 Å². The van der Waals surface area contributed by atoms with Crippen LogP contribution in [0.4, 0.5) is 0 Å². The molecular weight excluding hydrogens is 360 g/mol. The van der Waals surface area contributed by atoms with Crippen LogP contribution in [0.25, 0.3) is 0 Å². The SMILES string of the molecule is c1cc2c(cc1CN1CCN(Cc3nnnn3CC3CCCO3)CC1)OCO2. The van der Waals surface area contributed by atoms with E-state index in [2.05, 4.69) is 37.5 Å². The van der Waals surface area contributed by atoms with E-state index < -0.39 is 0 Å². The number of benzene rings is 1. The van der Waals surface area contributed by atoms with Crippen LogP contribution in [-0.2, 0) is 24.4 Å². The third kappa shape index (κ3) is 3.96. The normalized spacial score (nSPS) is 22.8. The minimum absolute atomic E-state index is 0.251. The molecule has 1 unspecified atom stereocenters. The smallest absolute Gasteiger partial charge is 0.231 e. The quantitative estimate of drug-likeness (QED) is 0.725. The molecule has 4 heterocycles. The molecule has 150 valence electrons. The Labute approximate surface area is 164 Å². The molecule has 0 radical (unpaired) electrons. The van der Waals surface area contributed by atoms with E-state index >= 15 is 0 Å². The monoisotopic (exact) mass is 386 g/mol. The van der Waals surface area contributed by atoms with Gasteiger partial charge in [0.2, 0.25) is 6.79 Å². The van der Waals surface area contributed by atoms with Crippen LogP contribution in [0.5, 0.6) is 11.5 Å². The van der Waals surface area contributed by atoms with E-state index in [4.69, 9.17) is 14.2 Å². The van der Waals surface area contributed by atoms with Crippen LogP contribution in [0, 0.1) is 0 Å². The van der Waals surface area contributed by atoms with Gasteiger partial charge in [-0.25, -0.2) is 4.68 Å². The van der Waals surface area contributed by atoms with Gasteiger partial charge in [0.05, 0.1) is 19.2 Å². The van der Waals surface area contributed by atoms with Crippen molar-refractivity contribution in [1.82, 2.24) is 30.0 Å². The Hall–Kier alpha value is -2.23. The summed E-state index contributed by atoms with van der Waals surface area (Å²) in [5, 5.41) is 12.3. The molecule has 28 heavy (non-hydrogen) atoms. The van der Waals surface area contributed by atoms with Crippen molar-refractivity contribution in [2.45, 2.75) is 38.6 Å². The number of aromatic nitrogens is 4. The summed E-state index contributed by atoms with van der Waals surface area (Å²) in [7, 11) is 0. The van der Waals surface area contributed by atoms with Crippen LogP contribution < -0.4 is 9.47 Å². The van der Waals surface area contributed by atoms with E-state index in [1.807, 2.05) is 10.7 Å². The molecule has 0 N–H and O–H groups in total. The molecule has 9 nitrogen and oxygen atoms in total. The van der Waals surface area contributed by atoms with Crippen molar-refractivity contribution in [3.05, 3.63) is 29.6 Å². The Bertz CT molecular complexity index is 799. The standard InChI is InChI=1S/C19H26N6O3/c1-2-16(26-9-1)12-25-19(20-21-22-25)13-24-7-5-23(6-8-24)11-15-3-4-17-18(10-15)28-14-27-17/h3-4,10,16H,1-2,5-9,11-14H2. The van der Waals surface area contributed by atoms with Gasteiger partial charge < -0.3 is 14.2 Å². The number of rotatable bonds is 6. The van der Waals surface area contributed by atoms with Gasteiger partial charge in [-0.3, -0.25) is 9.80 Å². The zero-order valence-electron chi connectivity index (χ0n) is 16.0. The summed E-state index contributed by atoms with van der Waals surface area (Å²) in [6.07, 6.45) is 2.48. The maximum atomic E-state index is 5.72. The highest BCUT2D eigenvalue weighted by Crippen LogP contribution is 2.32. The van der Waals surface area contributed by atoms with Crippen LogP contribution in [0.15, 0.2) is 18.2 Å². The van der Waals surface area contributed by atoms with E-state index in [1.54, 1.807) is 0 Å². The van der Waals surface area contributed by atoms with Crippen LogP contribution in [0.3, 0.4) is 0 Å². The van der Waals surface area contributed by atoms with Crippen LogP contribution in [0.2, 0.25) is 0 Å². The summed E-state index contributed by atoms with van der Waals surface area (Å²) in [5.41, 5.74) is 1.26. The van der Waals surface area contributed by atoms with E-state index in [0.717, 1.165) is 82.6 Å². The van der Waals surface area contributed by atoms with Crippen molar-refractivity contribution < 1.29 is 14.2 Å². The van der Waals surface area contributed by atoms with Crippen molar-refractivity contribution >= 4 is 0 Å². The molecule has 0 aliphatic carbocycles. The van der Waals surface area contributed by atoms with Gasteiger partial charge in [0.1, 0.15) is 0 Å². The maximum absolute atomic E-state index is 5.72. The van der Waals surface area contributed by atoms with Crippen LogP contribution in [0.1, 0.15) is 24.2 Å². The van der Waals surface area contributed by atoms with Crippen molar-refractivity contribution in [2.24, 2.45) is 0 Å². The highest BCUT2D eigenvalue weighted by atomic mass is 16.7. The predicted molar refractivity (Wildman–Crippen MR) is 99.9 cm³/mol. The van der Waals surface area contributed by atoms with Gasteiger partial charge in [-0.15, -0.1) is 5.10 Å². The lowest BCUT2D eigenvalue weighted by Gasteiger charge is -2.34. The molecule has 2 fully saturated rings. The molecule has 9 heteroatoms. The van der Waals surface area contributed by atoms with Gasteiger partial charge in [-0.2, -0.15) is 0 Å². The zero-order valence-corrected chi connectivity index (χ0v) is 16.0. The predicted octanol–water partition coefficient (Wildman–Crippen LogP) is 0.899. The molecule has 5 rings (SSSR count). The maximum Gasteiger partial charge on any atom is 0.231 e. The number of ether oxygens (including phenoxy) is 3. The third-order valence-electron chi connectivity index (χ3n) is 5.68. The summed E-state index contributed by atoms with van der Waals surface area (Å²) < 4.78 is 18.5. The summed E-state index contributed by atoms with van der Waals surface area (Å²) in [4.78, 5) is 4.90. The van der Waals surface area contributed by atoms with Crippen molar-refractivity contribution in [3.8, 4) is 11.5 Å². The fourth-order valence-electron chi connectivity index (χ4n) is 4.06. The second-order valence-electron chi connectivity index (χ2n) is 7.65. The highest BCUT2D eigenvalue weighted by molar-refractivity contribution is 5.44. The molecule has 0 saturated carbocycles. The second kappa shape index (κ2) is 8.02. The molecule has 1 aromatic heterocycles. The first-order chi connectivity index (χ1) is 13.8. The molecule has 3 aliphatic heterocycles. The highest BCUT2D eigenvalue weighted by Gasteiger charge is 2.22. The lowest BCUT2D eigenvalue weighted by Crippen LogP contribution is -2.45. The number of hydrogen-bond donors (Lipinski definition) is 0. The summed E-state index contributed by atoms with van der Waals surface area (Å²) in [6, 6.07) is 6.22. The topological polar surface area (TPSA) is 77.8 Å². The molecule has 1 aromatic carbocycles. The lowest BCUT2D eigenvalue weighted by atomic mass is 10.1. The van der Waals surface area contributed by atoms with E-state index in [-0.39, 0.29) is 6.10 Å². The molecule has 0 spiro atoms. The number of tetrazole rings is 1. The van der Waals surface area contributed by atoms with E-state index in [1.165, 1.54) is 5.56 Å². The van der Waals surface area contributed by atoms with Gasteiger partial charge in [0.25, 0.3) is 0 Å². The first-order valence-electron chi connectivity index (χ1n) is 10.0. The minimum atomic E-state index is 0.251. The summed E-state index contributed by atoms with van der Waals surface area (Å²) >= 11 is 0. The first kappa shape index (κ1) is 17.8. The number of nitrogens with zero attached hydrogens (tertiary/aromatic N) is 6. The Morgan fingerprint density at radius 1 is 1.00 bits per heavy atom. The molecular formula is C19H26N6O3. The second-order valence-corrected chi connectivity index (χ2v) is 7.65. The van der Waals surface area contributed by atoms with Crippen molar-refractivity contribution in [1.29, 1.82) is 0 Å². The average Bonchev–Trinajstić information content (AvgIpc) is 3.46. The molecule has 1 atom stereocenters. The molecule has 0 bridgehead atoms. The minimum Gasteiger partial charge on any atom is -0.454 e. The Morgan fingerprint density at radius 3 is 2.64 bits per heavy atom. The van der Waals surface area contributed by atoms with Crippen molar-refractivity contribution in [3.63, 3.8) is 0 Å². The van der Waals surface area contributed by atoms with Crippen LogP contribution in [-0.4, -0.2) is 75.7 Å². The molecule has 2 aromatic rings. The first-order valence-corrected chi connectivity index (χ1v) is 10.0. The third-order valence-corrected chi connectivity index (χ3v) is 5.68. The summed E-state index contributed by atoms with van der Waals surface area (Å²) in [6.45, 7) is 7.74.